The minimum Gasteiger partial charge on any atom is -0.284 e. The van der Waals surface area contributed by atoms with E-state index in [0.29, 0.717) is 22.7 Å². The molecule has 0 unspecified atom stereocenters. The van der Waals surface area contributed by atoms with Gasteiger partial charge in [-0.15, -0.1) is 11.8 Å². The highest BCUT2D eigenvalue weighted by Crippen LogP contribution is 2.57. The predicted molar refractivity (Wildman–Crippen MR) is 121 cm³/mol. The summed E-state index contributed by atoms with van der Waals surface area (Å²) >= 11 is 7.19. The highest BCUT2D eigenvalue weighted by atomic mass is 35.5. The van der Waals surface area contributed by atoms with Crippen LogP contribution in [0.3, 0.4) is 0 Å². The van der Waals surface area contributed by atoms with E-state index in [-0.39, 0.29) is 30.5 Å². The summed E-state index contributed by atoms with van der Waals surface area (Å²) in [5, 5.41) is 0.564. The molecule has 164 valence electrons. The number of imide groups is 2. The first-order chi connectivity index (χ1) is 15.4. The Bertz CT molecular complexity index is 1150. The average molecular weight is 470 g/mol. The number of carbonyl (C=O) groups is 4. The summed E-state index contributed by atoms with van der Waals surface area (Å²) in [5.74, 6) is -0.823. The van der Waals surface area contributed by atoms with Crippen LogP contribution in [-0.2, 0) is 25.8 Å². The SMILES string of the molecule is CCCC(=O)N1C(=O)[C@]2(SC[C@H]3C(=O)N(Cc4ccc(Cl)cc4)C(=O)N32)c2ccccc21. The van der Waals surface area contributed by atoms with Crippen molar-refractivity contribution in [1.29, 1.82) is 0 Å². The van der Waals surface area contributed by atoms with Gasteiger partial charge in [-0.2, -0.15) is 0 Å². The van der Waals surface area contributed by atoms with Crippen LogP contribution in [0.25, 0.3) is 0 Å². The lowest BCUT2D eigenvalue weighted by atomic mass is 10.1. The second-order valence-electron chi connectivity index (χ2n) is 7.98. The van der Waals surface area contributed by atoms with E-state index in [4.69, 9.17) is 11.6 Å². The molecule has 2 saturated heterocycles. The molecule has 0 saturated carbocycles. The molecule has 3 aliphatic heterocycles. The minimum atomic E-state index is -1.41. The third-order valence-corrected chi connectivity index (χ3v) is 7.80. The van der Waals surface area contributed by atoms with Crippen molar-refractivity contribution in [3.63, 3.8) is 0 Å². The van der Waals surface area contributed by atoms with Gasteiger partial charge in [-0.1, -0.05) is 48.9 Å². The van der Waals surface area contributed by atoms with E-state index in [0.717, 1.165) is 5.56 Å². The number of hydrogen-bond donors (Lipinski definition) is 0. The van der Waals surface area contributed by atoms with Crippen LogP contribution in [0.5, 0.6) is 0 Å². The molecule has 2 fully saturated rings. The zero-order valence-corrected chi connectivity index (χ0v) is 18.9. The number of halogens is 1. The first-order valence-electron chi connectivity index (χ1n) is 10.4. The lowest BCUT2D eigenvalue weighted by Crippen LogP contribution is -2.52. The van der Waals surface area contributed by atoms with E-state index in [9.17, 15) is 19.2 Å². The van der Waals surface area contributed by atoms with Gasteiger partial charge in [0.05, 0.1) is 12.2 Å². The van der Waals surface area contributed by atoms with Gasteiger partial charge in [-0.3, -0.25) is 24.2 Å². The first kappa shape index (κ1) is 21.0. The van der Waals surface area contributed by atoms with Crippen LogP contribution in [0.15, 0.2) is 48.5 Å². The van der Waals surface area contributed by atoms with Crippen LogP contribution in [0.1, 0.15) is 30.9 Å². The van der Waals surface area contributed by atoms with Gasteiger partial charge < -0.3 is 0 Å². The molecule has 0 N–H and O–H groups in total. The van der Waals surface area contributed by atoms with E-state index in [1.165, 1.54) is 26.5 Å². The number of anilines is 1. The number of rotatable bonds is 4. The van der Waals surface area contributed by atoms with Crippen LogP contribution in [-0.4, -0.2) is 45.3 Å². The fraction of sp³-hybridized carbons (Fsp3) is 0.304. The summed E-state index contributed by atoms with van der Waals surface area (Å²) < 4.78 is 0. The fourth-order valence-corrected chi connectivity index (χ4v) is 6.32. The van der Waals surface area contributed by atoms with Crippen molar-refractivity contribution in [1.82, 2.24) is 9.80 Å². The minimum absolute atomic E-state index is 0.0941. The molecule has 32 heavy (non-hydrogen) atoms. The van der Waals surface area contributed by atoms with Crippen molar-refractivity contribution in [2.45, 2.75) is 37.2 Å². The first-order valence-corrected chi connectivity index (χ1v) is 11.8. The molecule has 3 heterocycles. The molecule has 1 spiro atoms. The standard InChI is InChI=1S/C23H20ClN3O4S/c1-2-5-19(28)26-17-7-4-3-6-16(17)23(21(26)30)27-18(13-32-23)20(29)25(22(27)31)12-14-8-10-15(24)11-9-14/h3-4,6-11,18H,2,5,12-13H2,1H3/t18-,23+/m0/s1. The molecule has 2 atom stereocenters. The van der Waals surface area contributed by atoms with Gasteiger partial charge in [0.25, 0.3) is 11.8 Å². The number of carbonyl (C=O) groups excluding carboxylic acids is 4. The molecule has 7 nitrogen and oxygen atoms in total. The van der Waals surface area contributed by atoms with E-state index < -0.39 is 22.9 Å². The third kappa shape index (κ3) is 2.82. The van der Waals surface area contributed by atoms with Gasteiger partial charge in [-0.25, -0.2) is 9.69 Å². The Morgan fingerprint density at radius 2 is 1.84 bits per heavy atom. The highest BCUT2D eigenvalue weighted by Gasteiger charge is 2.68. The second kappa shape index (κ2) is 7.64. The van der Waals surface area contributed by atoms with Gasteiger partial charge in [0, 0.05) is 22.8 Å². The Labute approximate surface area is 194 Å². The maximum Gasteiger partial charge on any atom is 0.329 e. The van der Waals surface area contributed by atoms with Crippen molar-refractivity contribution in [2.24, 2.45) is 0 Å². The molecule has 0 bridgehead atoms. The molecule has 2 aromatic rings. The summed E-state index contributed by atoms with van der Waals surface area (Å²) in [5.41, 5.74) is 1.83. The number of amides is 5. The lowest BCUT2D eigenvalue weighted by Gasteiger charge is -2.31. The maximum atomic E-state index is 13.7. The molecule has 5 rings (SSSR count). The zero-order chi connectivity index (χ0) is 22.6. The number of fused-ring (bicyclic) bond motifs is 4. The number of hydrogen-bond acceptors (Lipinski definition) is 5. The van der Waals surface area contributed by atoms with E-state index in [2.05, 4.69) is 0 Å². The van der Waals surface area contributed by atoms with E-state index >= 15 is 0 Å². The Balaban J connectivity index is 1.54. The van der Waals surface area contributed by atoms with Gasteiger partial charge in [0.15, 0.2) is 4.87 Å². The lowest BCUT2D eigenvalue weighted by molar-refractivity contribution is -0.130. The largest absolute Gasteiger partial charge is 0.329 e. The van der Waals surface area contributed by atoms with Crippen LogP contribution >= 0.6 is 23.4 Å². The van der Waals surface area contributed by atoms with Gasteiger partial charge in [0.2, 0.25) is 5.91 Å². The third-order valence-electron chi connectivity index (χ3n) is 6.06. The summed E-state index contributed by atoms with van der Waals surface area (Å²) in [6, 6.07) is 12.7. The van der Waals surface area contributed by atoms with Gasteiger partial charge in [0.1, 0.15) is 6.04 Å². The van der Waals surface area contributed by atoms with E-state index in [1.54, 1.807) is 48.5 Å². The van der Waals surface area contributed by atoms with Crippen molar-refractivity contribution >= 4 is 52.8 Å². The van der Waals surface area contributed by atoms with Crippen LogP contribution in [0.2, 0.25) is 5.02 Å². The van der Waals surface area contributed by atoms with Crippen LogP contribution < -0.4 is 4.90 Å². The molecule has 5 amide bonds. The molecular formula is C23H20ClN3O4S. The molecule has 0 aliphatic carbocycles. The number of para-hydroxylation sites is 1. The van der Waals surface area contributed by atoms with Gasteiger partial charge >= 0.3 is 6.03 Å². The van der Waals surface area contributed by atoms with Crippen LogP contribution in [0, 0.1) is 0 Å². The summed E-state index contributed by atoms with van der Waals surface area (Å²) in [4.78, 5) is 55.6. The summed E-state index contributed by atoms with van der Waals surface area (Å²) in [6.45, 7) is 1.97. The van der Waals surface area contributed by atoms with Gasteiger partial charge in [-0.05, 0) is 30.2 Å². The fourth-order valence-electron chi connectivity index (χ4n) is 4.61. The number of benzene rings is 2. The zero-order valence-electron chi connectivity index (χ0n) is 17.3. The molecular weight excluding hydrogens is 450 g/mol. The average Bonchev–Trinajstić information content (AvgIpc) is 3.37. The normalized spacial score (nSPS) is 24.0. The van der Waals surface area contributed by atoms with Crippen molar-refractivity contribution in [3.05, 3.63) is 64.7 Å². The smallest absolute Gasteiger partial charge is 0.284 e. The quantitative estimate of drug-likeness (QED) is 0.637. The predicted octanol–water partition coefficient (Wildman–Crippen LogP) is 3.75. The molecule has 9 heteroatoms. The summed E-state index contributed by atoms with van der Waals surface area (Å²) in [7, 11) is 0. The molecule has 3 aliphatic rings. The second-order valence-corrected chi connectivity index (χ2v) is 9.62. The molecule has 0 radical (unpaired) electrons. The monoisotopic (exact) mass is 469 g/mol. The number of urea groups is 1. The Morgan fingerprint density at radius 3 is 2.56 bits per heavy atom. The van der Waals surface area contributed by atoms with Crippen molar-refractivity contribution < 1.29 is 19.2 Å². The number of nitrogens with zero attached hydrogens (tertiary/aromatic N) is 3. The van der Waals surface area contributed by atoms with Crippen molar-refractivity contribution in [2.75, 3.05) is 10.7 Å². The summed E-state index contributed by atoms with van der Waals surface area (Å²) in [6.07, 6.45) is 0.823. The molecule has 2 aromatic carbocycles. The number of thioether (sulfide) groups is 1. The maximum absolute atomic E-state index is 13.7. The Hall–Kier alpha value is -2.84. The highest BCUT2D eigenvalue weighted by molar-refractivity contribution is 8.01. The van der Waals surface area contributed by atoms with Crippen molar-refractivity contribution in [3.8, 4) is 0 Å². The topological polar surface area (TPSA) is 78.0 Å². The molecule has 0 aromatic heterocycles. The van der Waals surface area contributed by atoms with E-state index in [1.807, 2.05) is 6.92 Å². The Morgan fingerprint density at radius 1 is 1.12 bits per heavy atom. The van der Waals surface area contributed by atoms with Crippen LogP contribution in [0.4, 0.5) is 10.5 Å². The Kier molecular flexibility index (Phi) is 5.02.